The summed E-state index contributed by atoms with van der Waals surface area (Å²) in [4.78, 5) is 38.5. The van der Waals surface area contributed by atoms with Gasteiger partial charge in [0.15, 0.2) is 6.61 Å². The Bertz CT molecular complexity index is 1030. The van der Waals surface area contributed by atoms with Gasteiger partial charge in [-0.1, -0.05) is 41.9 Å². The van der Waals surface area contributed by atoms with Crippen molar-refractivity contribution in [1.82, 2.24) is 10.3 Å². The average Bonchev–Trinajstić information content (AvgIpc) is 2.63. The van der Waals surface area contributed by atoms with Crippen LogP contribution in [-0.4, -0.2) is 23.5 Å². The molecule has 0 aliphatic rings. The molecule has 0 bridgehead atoms. The lowest BCUT2D eigenvalue weighted by molar-refractivity contribution is -0.124. The maximum Gasteiger partial charge on any atom is 0.339 e. The number of rotatable bonds is 5. The number of aromatic nitrogens is 1. The number of H-pyrrole nitrogens is 1. The Labute approximate surface area is 153 Å². The minimum absolute atomic E-state index is 0.118. The van der Waals surface area contributed by atoms with E-state index in [9.17, 15) is 14.4 Å². The highest BCUT2D eigenvalue weighted by atomic mass is 35.5. The molecular weight excluding hydrogens is 356 g/mol. The molecule has 132 valence electrons. The zero-order chi connectivity index (χ0) is 18.5. The third-order valence-electron chi connectivity index (χ3n) is 3.68. The van der Waals surface area contributed by atoms with Crippen LogP contribution in [0, 0.1) is 0 Å². The number of halogens is 1. The molecule has 0 aliphatic carbocycles. The highest BCUT2D eigenvalue weighted by molar-refractivity contribution is 6.30. The summed E-state index contributed by atoms with van der Waals surface area (Å²) in [7, 11) is 0. The van der Waals surface area contributed by atoms with Crippen LogP contribution in [0.25, 0.3) is 10.9 Å². The summed E-state index contributed by atoms with van der Waals surface area (Å²) >= 11 is 5.88. The van der Waals surface area contributed by atoms with Gasteiger partial charge in [-0.25, -0.2) is 4.79 Å². The van der Waals surface area contributed by atoms with E-state index < -0.39 is 24.0 Å². The zero-order valence-electron chi connectivity index (χ0n) is 13.6. The molecule has 3 aromatic rings. The number of hydrogen-bond donors (Lipinski definition) is 2. The van der Waals surface area contributed by atoms with Crippen LogP contribution in [0.5, 0.6) is 0 Å². The summed E-state index contributed by atoms with van der Waals surface area (Å²) in [5, 5.41) is 3.76. The molecule has 0 spiro atoms. The van der Waals surface area contributed by atoms with Crippen molar-refractivity contribution < 1.29 is 14.3 Å². The number of carbonyl (C=O) groups is 2. The molecule has 2 aromatic carbocycles. The second-order valence-electron chi connectivity index (χ2n) is 5.58. The van der Waals surface area contributed by atoms with E-state index in [1.807, 2.05) is 6.07 Å². The molecule has 0 aliphatic heterocycles. The highest BCUT2D eigenvalue weighted by Gasteiger charge is 2.14. The van der Waals surface area contributed by atoms with Crippen LogP contribution in [-0.2, 0) is 16.1 Å². The Morgan fingerprint density at radius 3 is 2.69 bits per heavy atom. The van der Waals surface area contributed by atoms with Gasteiger partial charge in [-0.3, -0.25) is 9.59 Å². The minimum atomic E-state index is -0.731. The van der Waals surface area contributed by atoms with E-state index in [-0.39, 0.29) is 12.1 Å². The predicted molar refractivity (Wildman–Crippen MR) is 98.1 cm³/mol. The minimum Gasteiger partial charge on any atom is -0.452 e. The summed E-state index contributed by atoms with van der Waals surface area (Å²) < 4.78 is 5.04. The first-order valence-electron chi connectivity index (χ1n) is 7.83. The number of nitrogens with one attached hydrogen (secondary N) is 2. The first kappa shape index (κ1) is 17.7. The molecule has 1 heterocycles. The van der Waals surface area contributed by atoms with Gasteiger partial charge in [0.05, 0.1) is 5.56 Å². The van der Waals surface area contributed by atoms with Crippen molar-refractivity contribution >= 4 is 34.4 Å². The number of carbonyl (C=O) groups excluding carboxylic acids is 2. The molecular formula is C19H15ClN2O4. The molecule has 1 aromatic heterocycles. The van der Waals surface area contributed by atoms with E-state index >= 15 is 0 Å². The predicted octanol–water partition coefficient (Wildman–Crippen LogP) is 2.65. The van der Waals surface area contributed by atoms with Crippen molar-refractivity contribution in [3.05, 3.63) is 81.1 Å². The number of ether oxygens (including phenoxy) is 1. The number of hydrogen-bond acceptors (Lipinski definition) is 4. The van der Waals surface area contributed by atoms with Gasteiger partial charge in [-0.15, -0.1) is 0 Å². The van der Waals surface area contributed by atoms with Crippen molar-refractivity contribution in [1.29, 1.82) is 0 Å². The fraction of sp³-hybridized carbons (Fsp3) is 0.105. The molecule has 0 saturated heterocycles. The van der Waals surface area contributed by atoms with Gasteiger partial charge < -0.3 is 15.0 Å². The van der Waals surface area contributed by atoms with Gasteiger partial charge in [0.1, 0.15) is 0 Å². The van der Waals surface area contributed by atoms with Gasteiger partial charge in [0.2, 0.25) is 5.56 Å². The second kappa shape index (κ2) is 7.84. The van der Waals surface area contributed by atoms with Gasteiger partial charge in [-0.05, 0) is 23.8 Å². The molecule has 0 unspecified atom stereocenters. The summed E-state index contributed by atoms with van der Waals surface area (Å²) in [5.41, 5.74) is 1.06. The smallest absolute Gasteiger partial charge is 0.339 e. The van der Waals surface area contributed by atoms with E-state index in [1.165, 1.54) is 0 Å². The quantitative estimate of drug-likeness (QED) is 0.676. The van der Waals surface area contributed by atoms with E-state index in [0.717, 1.165) is 11.6 Å². The molecule has 6 nitrogen and oxygen atoms in total. The molecule has 26 heavy (non-hydrogen) atoms. The van der Waals surface area contributed by atoms with Gasteiger partial charge in [0.25, 0.3) is 5.91 Å². The number of para-hydroxylation sites is 1. The molecule has 0 saturated carbocycles. The normalized spacial score (nSPS) is 10.5. The van der Waals surface area contributed by atoms with Crippen LogP contribution in [0.15, 0.2) is 59.4 Å². The van der Waals surface area contributed by atoms with Gasteiger partial charge in [0, 0.05) is 28.5 Å². The summed E-state index contributed by atoms with van der Waals surface area (Å²) in [6.45, 7) is -0.175. The molecule has 0 atom stereocenters. The molecule has 1 amide bonds. The molecule has 7 heteroatoms. The van der Waals surface area contributed by atoms with Crippen LogP contribution < -0.4 is 10.9 Å². The number of fused-ring (bicyclic) bond motifs is 1. The average molecular weight is 371 g/mol. The lowest BCUT2D eigenvalue weighted by atomic mass is 10.1. The number of amides is 1. The number of pyridine rings is 1. The Morgan fingerprint density at radius 2 is 1.88 bits per heavy atom. The van der Waals surface area contributed by atoms with Gasteiger partial charge >= 0.3 is 5.97 Å². The zero-order valence-corrected chi connectivity index (χ0v) is 14.4. The van der Waals surface area contributed by atoms with E-state index in [0.29, 0.717) is 15.9 Å². The first-order chi connectivity index (χ1) is 12.5. The lowest BCUT2D eigenvalue weighted by Crippen LogP contribution is -2.28. The van der Waals surface area contributed by atoms with Gasteiger partial charge in [-0.2, -0.15) is 0 Å². The van der Waals surface area contributed by atoms with Crippen molar-refractivity contribution in [3.63, 3.8) is 0 Å². The van der Waals surface area contributed by atoms with Crippen LogP contribution >= 0.6 is 11.6 Å². The van der Waals surface area contributed by atoms with E-state index in [2.05, 4.69) is 10.3 Å². The first-order valence-corrected chi connectivity index (χ1v) is 8.21. The third-order valence-corrected chi connectivity index (χ3v) is 3.92. The number of esters is 1. The summed E-state index contributed by atoms with van der Waals surface area (Å²) in [5.74, 6) is -1.18. The Hall–Kier alpha value is -3.12. The monoisotopic (exact) mass is 370 g/mol. The third kappa shape index (κ3) is 4.29. The fourth-order valence-electron chi connectivity index (χ4n) is 2.48. The standard InChI is InChI=1S/C19H15ClN2O4/c20-13-5-3-4-12(8-13)10-21-18(24)11-26-19(25)15-9-17(23)22-16-7-2-1-6-14(15)16/h1-9H,10-11H2,(H,21,24)(H,22,23). The van der Waals surface area contributed by atoms with E-state index in [4.69, 9.17) is 16.3 Å². The van der Waals surface area contributed by atoms with E-state index in [1.54, 1.807) is 42.5 Å². The Morgan fingerprint density at radius 1 is 1.08 bits per heavy atom. The van der Waals surface area contributed by atoms with Crippen LogP contribution in [0.4, 0.5) is 0 Å². The van der Waals surface area contributed by atoms with Crippen LogP contribution in [0.2, 0.25) is 5.02 Å². The molecule has 3 rings (SSSR count). The number of benzene rings is 2. The maximum absolute atomic E-state index is 12.3. The lowest BCUT2D eigenvalue weighted by Gasteiger charge is -2.08. The second-order valence-corrected chi connectivity index (χ2v) is 6.01. The topological polar surface area (TPSA) is 88.3 Å². The largest absolute Gasteiger partial charge is 0.452 e. The molecule has 0 radical (unpaired) electrons. The Kier molecular flexibility index (Phi) is 5.34. The van der Waals surface area contributed by atoms with Crippen molar-refractivity contribution in [2.24, 2.45) is 0 Å². The van der Waals surface area contributed by atoms with Crippen molar-refractivity contribution in [3.8, 4) is 0 Å². The van der Waals surface area contributed by atoms with Crippen LogP contribution in [0.3, 0.4) is 0 Å². The highest BCUT2D eigenvalue weighted by Crippen LogP contribution is 2.15. The fourth-order valence-corrected chi connectivity index (χ4v) is 2.69. The summed E-state index contributed by atoms with van der Waals surface area (Å²) in [6, 6.07) is 15.1. The Balaban J connectivity index is 1.62. The summed E-state index contributed by atoms with van der Waals surface area (Å²) in [6.07, 6.45) is 0. The van der Waals surface area contributed by atoms with Crippen molar-refractivity contribution in [2.75, 3.05) is 6.61 Å². The van der Waals surface area contributed by atoms with Crippen LogP contribution in [0.1, 0.15) is 15.9 Å². The van der Waals surface area contributed by atoms with Crippen molar-refractivity contribution in [2.45, 2.75) is 6.54 Å². The molecule has 0 fully saturated rings. The SMILES string of the molecule is O=C(COC(=O)c1cc(=O)[nH]c2ccccc12)NCc1cccc(Cl)c1. The molecule has 2 N–H and O–H groups in total. The number of aromatic amines is 1. The maximum atomic E-state index is 12.3.